The van der Waals surface area contributed by atoms with E-state index in [1.54, 1.807) is 13.2 Å². The molecule has 0 bridgehead atoms. The summed E-state index contributed by atoms with van der Waals surface area (Å²) in [7, 11) is 1.63. The fourth-order valence-electron chi connectivity index (χ4n) is 2.94. The summed E-state index contributed by atoms with van der Waals surface area (Å²) in [5.74, 6) is 1.27. The molecule has 1 saturated carbocycles. The number of Topliss-reactive ketones (excluding diaryl/α,β-unsaturated/α-hetero) is 1. The van der Waals surface area contributed by atoms with Gasteiger partial charge in [-0.3, -0.25) is 4.79 Å². The number of hydrogen-bond acceptors (Lipinski definition) is 2. The van der Waals surface area contributed by atoms with Crippen LogP contribution >= 0.6 is 11.6 Å². The monoisotopic (exact) mass is 294 g/mol. The molecule has 0 aliphatic heterocycles. The highest BCUT2D eigenvalue weighted by Crippen LogP contribution is 2.39. The highest BCUT2D eigenvalue weighted by Gasteiger charge is 2.30. The Morgan fingerprint density at radius 1 is 1.35 bits per heavy atom. The predicted octanol–water partition coefficient (Wildman–Crippen LogP) is 4.68. The smallest absolute Gasteiger partial charge is 0.140 e. The summed E-state index contributed by atoms with van der Waals surface area (Å²) in [5, 5.41) is 0.651. The van der Waals surface area contributed by atoms with Gasteiger partial charge in [-0.15, -0.1) is 0 Å². The Bertz CT molecular complexity index is 484. The van der Waals surface area contributed by atoms with Crippen molar-refractivity contribution in [3.63, 3.8) is 0 Å². The minimum Gasteiger partial charge on any atom is -0.496 e. The van der Waals surface area contributed by atoms with Crippen LogP contribution < -0.4 is 4.74 Å². The number of ketones is 1. The maximum atomic E-state index is 12.5. The second-order valence-corrected chi connectivity index (χ2v) is 6.97. The van der Waals surface area contributed by atoms with Gasteiger partial charge in [-0.25, -0.2) is 0 Å². The van der Waals surface area contributed by atoms with Gasteiger partial charge in [-0.05, 0) is 49.3 Å². The van der Waals surface area contributed by atoms with Crippen LogP contribution in [0.1, 0.15) is 45.1 Å². The Labute approximate surface area is 126 Å². The van der Waals surface area contributed by atoms with E-state index >= 15 is 0 Å². The SMILES string of the molecule is COc1ccc(Cl)cc1CC(=O)C1CCC(C)(C)CC1. The quantitative estimate of drug-likeness (QED) is 0.806. The van der Waals surface area contributed by atoms with E-state index in [2.05, 4.69) is 13.8 Å². The predicted molar refractivity (Wildman–Crippen MR) is 82.5 cm³/mol. The van der Waals surface area contributed by atoms with Crippen LogP contribution in [0, 0.1) is 11.3 Å². The topological polar surface area (TPSA) is 26.3 Å². The molecule has 20 heavy (non-hydrogen) atoms. The second kappa shape index (κ2) is 6.17. The van der Waals surface area contributed by atoms with Crippen LogP contribution in [0.3, 0.4) is 0 Å². The summed E-state index contributed by atoms with van der Waals surface area (Å²) in [6, 6.07) is 5.46. The molecular weight excluding hydrogens is 272 g/mol. The summed E-state index contributed by atoms with van der Waals surface area (Å²) >= 11 is 6.01. The number of carbonyl (C=O) groups excluding carboxylic acids is 1. The number of carbonyl (C=O) groups is 1. The van der Waals surface area contributed by atoms with Crippen molar-refractivity contribution in [3.8, 4) is 5.75 Å². The third kappa shape index (κ3) is 3.76. The van der Waals surface area contributed by atoms with E-state index in [0.717, 1.165) is 37.0 Å². The molecule has 1 fully saturated rings. The number of halogens is 1. The summed E-state index contributed by atoms with van der Waals surface area (Å²) in [6.07, 6.45) is 4.71. The van der Waals surface area contributed by atoms with Crippen molar-refractivity contribution in [1.82, 2.24) is 0 Å². The van der Waals surface area contributed by atoms with Crippen molar-refractivity contribution in [1.29, 1.82) is 0 Å². The molecule has 110 valence electrons. The molecule has 0 amide bonds. The van der Waals surface area contributed by atoms with Gasteiger partial charge in [-0.1, -0.05) is 25.4 Å². The molecule has 0 spiro atoms. The van der Waals surface area contributed by atoms with Crippen molar-refractivity contribution in [2.24, 2.45) is 11.3 Å². The minimum absolute atomic E-state index is 0.201. The number of methoxy groups -OCH3 is 1. The molecule has 2 nitrogen and oxygen atoms in total. The molecule has 0 N–H and O–H groups in total. The zero-order valence-corrected chi connectivity index (χ0v) is 13.3. The third-order valence-electron chi connectivity index (χ3n) is 4.40. The lowest BCUT2D eigenvalue weighted by molar-refractivity contribution is -0.123. The van der Waals surface area contributed by atoms with E-state index < -0.39 is 0 Å². The normalized spacial score (nSPS) is 18.8. The summed E-state index contributed by atoms with van der Waals surface area (Å²) in [4.78, 5) is 12.5. The van der Waals surface area contributed by atoms with Crippen molar-refractivity contribution in [3.05, 3.63) is 28.8 Å². The largest absolute Gasteiger partial charge is 0.496 e. The van der Waals surface area contributed by atoms with Crippen molar-refractivity contribution < 1.29 is 9.53 Å². The molecule has 2 rings (SSSR count). The highest BCUT2D eigenvalue weighted by atomic mass is 35.5. The minimum atomic E-state index is 0.201. The van der Waals surface area contributed by atoms with Gasteiger partial charge in [0, 0.05) is 22.9 Å². The van der Waals surface area contributed by atoms with Crippen molar-refractivity contribution in [2.75, 3.05) is 7.11 Å². The fraction of sp³-hybridized carbons (Fsp3) is 0.588. The molecule has 0 atom stereocenters. The van der Waals surface area contributed by atoms with Crippen LogP contribution in [-0.4, -0.2) is 12.9 Å². The lowest BCUT2D eigenvalue weighted by atomic mass is 9.71. The maximum Gasteiger partial charge on any atom is 0.140 e. The van der Waals surface area contributed by atoms with E-state index in [-0.39, 0.29) is 5.92 Å². The van der Waals surface area contributed by atoms with Crippen molar-refractivity contribution in [2.45, 2.75) is 46.0 Å². The van der Waals surface area contributed by atoms with Crippen LogP contribution in [0.25, 0.3) is 0 Å². The van der Waals surface area contributed by atoms with E-state index in [1.165, 1.54) is 0 Å². The first-order valence-electron chi connectivity index (χ1n) is 7.26. The lowest BCUT2D eigenvalue weighted by Crippen LogP contribution is -2.27. The van der Waals surface area contributed by atoms with E-state index in [0.29, 0.717) is 22.6 Å². The fourth-order valence-corrected chi connectivity index (χ4v) is 3.13. The van der Waals surface area contributed by atoms with Crippen molar-refractivity contribution >= 4 is 17.4 Å². The van der Waals surface area contributed by atoms with Crippen LogP contribution in [0.5, 0.6) is 5.75 Å². The number of hydrogen-bond donors (Lipinski definition) is 0. The molecule has 0 heterocycles. The number of ether oxygens (including phenoxy) is 1. The maximum absolute atomic E-state index is 12.5. The molecular formula is C17H23ClO2. The zero-order valence-electron chi connectivity index (χ0n) is 12.5. The first-order chi connectivity index (χ1) is 9.41. The lowest BCUT2D eigenvalue weighted by Gasteiger charge is -2.33. The highest BCUT2D eigenvalue weighted by molar-refractivity contribution is 6.30. The Hall–Kier alpha value is -1.02. The van der Waals surface area contributed by atoms with Crippen LogP contribution in [0.4, 0.5) is 0 Å². The van der Waals surface area contributed by atoms with E-state index in [4.69, 9.17) is 16.3 Å². The first-order valence-corrected chi connectivity index (χ1v) is 7.64. The van der Waals surface area contributed by atoms with Crippen LogP contribution in [0.15, 0.2) is 18.2 Å². The molecule has 1 aliphatic rings. The summed E-state index contributed by atoms with van der Waals surface area (Å²) in [5.41, 5.74) is 1.29. The second-order valence-electron chi connectivity index (χ2n) is 6.54. The van der Waals surface area contributed by atoms with Gasteiger partial charge in [0.05, 0.1) is 7.11 Å². The molecule has 0 unspecified atom stereocenters. The van der Waals surface area contributed by atoms with Gasteiger partial charge < -0.3 is 4.74 Å². The Kier molecular flexibility index (Phi) is 4.74. The van der Waals surface area contributed by atoms with Gasteiger partial charge in [0.15, 0.2) is 0 Å². The Balaban J connectivity index is 2.03. The Morgan fingerprint density at radius 3 is 2.60 bits per heavy atom. The van der Waals surface area contributed by atoms with E-state index in [9.17, 15) is 4.79 Å². The van der Waals surface area contributed by atoms with Gasteiger partial charge in [-0.2, -0.15) is 0 Å². The molecule has 0 saturated heterocycles. The van der Waals surface area contributed by atoms with Gasteiger partial charge in [0.1, 0.15) is 11.5 Å². The summed E-state index contributed by atoms with van der Waals surface area (Å²) in [6.45, 7) is 4.57. The molecule has 1 aromatic rings. The van der Waals surface area contributed by atoms with Gasteiger partial charge in [0.25, 0.3) is 0 Å². The molecule has 3 heteroatoms. The molecule has 1 aliphatic carbocycles. The summed E-state index contributed by atoms with van der Waals surface area (Å²) < 4.78 is 5.31. The Morgan fingerprint density at radius 2 is 2.00 bits per heavy atom. The molecule has 1 aromatic carbocycles. The van der Waals surface area contributed by atoms with Gasteiger partial charge >= 0.3 is 0 Å². The van der Waals surface area contributed by atoms with Crippen LogP contribution in [-0.2, 0) is 11.2 Å². The number of rotatable bonds is 4. The average molecular weight is 295 g/mol. The standard InChI is InChI=1S/C17H23ClO2/c1-17(2)8-6-12(7-9-17)15(19)11-13-10-14(18)4-5-16(13)20-3/h4-5,10,12H,6-9,11H2,1-3H3. The van der Waals surface area contributed by atoms with Gasteiger partial charge in [0.2, 0.25) is 0 Å². The molecule has 0 aromatic heterocycles. The zero-order chi connectivity index (χ0) is 14.8. The molecule has 0 radical (unpaired) electrons. The number of benzene rings is 1. The first kappa shape index (κ1) is 15.4. The van der Waals surface area contributed by atoms with Crippen LogP contribution in [0.2, 0.25) is 5.02 Å². The third-order valence-corrected chi connectivity index (χ3v) is 4.64. The average Bonchev–Trinajstić information content (AvgIpc) is 2.38. The van der Waals surface area contributed by atoms with E-state index in [1.807, 2.05) is 12.1 Å².